The van der Waals surface area contributed by atoms with Crippen LogP contribution in [0.2, 0.25) is 0 Å². The average Bonchev–Trinajstić information content (AvgIpc) is 3.53. The normalized spacial score (nSPS) is 13.1. The molecule has 0 saturated heterocycles. The zero-order valence-electron chi connectivity index (χ0n) is 20.2. The van der Waals surface area contributed by atoms with Gasteiger partial charge in [-0.05, 0) is 42.3 Å². The number of benzene rings is 2. The molecular formula is C26H22F3N5O3S. The Bertz CT molecular complexity index is 1640. The highest BCUT2D eigenvalue weighted by atomic mass is 32.2. The Kier molecular flexibility index (Phi) is 6.81. The van der Waals surface area contributed by atoms with Gasteiger partial charge in [-0.15, -0.1) is 0 Å². The first-order valence-corrected chi connectivity index (χ1v) is 12.6. The number of nitrogens with zero attached hydrogens (tertiary/aromatic N) is 3. The summed E-state index contributed by atoms with van der Waals surface area (Å²) in [5.41, 5.74) is 10.2. The number of alkyl halides is 2. The minimum absolute atomic E-state index is 0.0938. The zero-order valence-corrected chi connectivity index (χ0v) is 21.0. The van der Waals surface area contributed by atoms with Gasteiger partial charge >= 0.3 is 5.76 Å². The fraction of sp³-hybridized carbons (Fsp3) is 0.154. The van der Waals surface area contributed by atoms with Crippen molar-refractivity contribution in [3.63, 3.8) is 0 Å². The van der Waals surface area contributed by atoms with Crippen molar-refractivity contribution < 1.29 is 26.5 Å². The molecule has 5 aromatic rings. The van der Waals surface area contributed by atoms with Gasteiger partial charge in [-0.1, -0.05) is 18.2 Å². The van der Waals surface area contributed by atoms with Gasteiger partial charge in [0.25, 0.3) is 0 Å². The molecule has 0 aliphatic heterocycles. The van der Waals surface area contributed by atoms with Crippen molar-refractivity contribution in [3.05, 3.63) is 78.7 Å². The highest BCUT2D eigenvalue weighted by Crippen LogP contribution is 2.41. The number of aryl methyl sites for hydroxylation is 1. The van der Waals surface area contributed by atoms with Gasteiger partial charge in [0.2, 0.25) is 0 Å². The van der Waals surface area contributed by atoms with E-state index in [0.29, 0.717) is 33.2 Å². The van der Waals surface area contributed by atoms with E-state index in [2.05, 4.69) is 14.8 Å². The molecule has 5 rings (SSSR count). The lowest BCUT2D eigenvalue weighted by molar-refractivity contribution is 0.228. The number of nitrogens with two attached hydrogens (primary N) is 1. The van der Waals surface area contributed by atoms with Gasteiger partial charge in [-0.2, -0.15) is 13.9 Å². The molecule has 0 bridgehead atoms. The third-order valence-corrected chi connectivity index (χ3v) is 6.69. The predicted octanol–water partition coefficient (Wildman–Crippen LogP) is 6.05. The lowest BCUT2D eigenvalue weighted by atomic mass is 10.0. The van der Waals surface area contributed by atoms with Gasteiger partial charge in [-0.3, -0.25) is 9.40 Å². The maximum atomic E-state index is 13.4. The van der Waals surface area contributed by atoms with Crippen molar-refractivity contribution in [3.8, 4) is 28.0 Å². The fourth-order valence-electron chi connectivity index (χ4n) is 4.06. The topological polar surface area (TPSA) is 108 Å². The summed E-state index contributed by atoms with van der Waals surface area (Å²) in [5, 5.41) is 4.75. The monoisotopic (exact) mass is 541 g/mol. The molecule has 3 aromatic heterocycles. The average molecular weight is 542 g/mol. The molecule has 2 unspecified atom stereocenters. The van der Waals surface area contributed by atoms with E-state index < -0.39 is 28.7 Å². The fourth-order valence-corrected chi connectivity index (χ4v) is 4.54. The summed E-state index contributed by atoms with van der Waals surface area (Å²) < 4.78 is 67.3. The van der Waals surface area contributed by atoms with Gasteiger partial charge in [0.05, 0.1) is 23.5 Å². The van der Waals surface area contributed by atoms with Gasteiger partial charge in [0, 0.05) is 36.1 Å². The number of hydrogen-bond donors (Lipinski definition) is 2. The van der Waals surface area contributed by atoms with Crippen molar-refractivity contribution in [1.29, 1.82) is 0 Å². The van der Waals surface area contributed by atoms with E-state index in [1.165, 1.54) is 24.5 Å². The Balaban J connectivity index is 1.58. The quantitative estimate of drug-likeness (QED) is 0.247. The van der Waals surface area contributed by atoms with E-state index in [4.69, 9.17) is 14.9 Å². The van der Waals surface area contributed by atoms with Crippen LogP contribution in [0.25, 0.3) is 33.2 Å². The van der Waals surface area contributed by atoms with Crippen LogP contribution in [0.3, 0.4) is 0 Å². The molecule has 0 spiro atoms. The minimum atomic E-state index is -3.10. The maximum Gasteiger partial charge on any atom is 0.330 e. The minimum Gasteiger partial charge on any atom is -0.484 e. The molecule has 3 heterocycles. The van der Waals surface area contributed by atoms with Crippen LogP contribution >= 0.6 is 0 Å². The maximum absolute atomic E-state index is 13.4. The van der Waals surface area contributed by atoms with Crippen molar-refractivity contribution in [2.24, 2.45) is 7.05 Å². The number of nitrogen functional groups attached to an aromatic ring is 1. The molecule has 0 aliphatic carbocycles. The summed E-state index contributed by atoms with van der Waals surface area (Å²) in [6.07, 6.45) is 6.04. The smallest absolute Gasteiger partial charge is 0.330 e. The first-order valence-electron chi connectivity index (χ1n) is 11.4. The number of aromatic nitrogens is 3. The summed E-state index contributed by atoms with van der Waals surface area (Å²) >= 11 is 0. The Morgan fingerprint density at radius 2 is 1.87 bits per heavy atom. The number of fused-ring (bicyclic) bond motifs is 1. The largest absolute Gasteiger partial charge is 0.484 e. The zero-order chi connectivity index (χ0) is 27.0. The number of rotatable bonds is 8. The lowest BCUT2D eigenvalue weighted by Crippen LogP contribution is -2.14. The molecule has 0 aliphatic rings. The van der Waals surface area contributed by atoms with Crippen molar-refractivity contribution >= 4 is 33.5 Å². The van der Waals surface area contributed by atoms with Crippen LogP contribution in [0.4, 0.5) is 24.7 Å². The third kappa shape index (κ3) is 4.94. The number of ether oxygens (including phenoxy) is 1. The van der Waals surface area contributed by atoms with Crippen LogP contribution in [0.1, 0.15) is 18.6 Å². The Morgan fingerprint density at radius 1 is 1.11 bits per heavy atom. The number of furan rings is 1. The molecule has 2 atom stereocenters. The lowest BCUT2D eigenvalue weighted by Gasteiger charge is -2.19. The molecule has 196 valence electrons. The van der Waals surface area contributed by atoms with E-state index in [1.807, 2.05) is 6.20 Å². The molecule has 0 saturated carbocycles. The molecule has 12 heteroatoms. The molecule has 0 radical (unpaired) electrons. The standard InChI is InChI=1S/C26H22F3N5O3S/c1-14(15-3-6-18(27)7-4-15)37-22-9-16(5-8-21(22)33-38(35)26(28)29)20-13-36-24-19(11-31-25(30)23(20)24)17-10-32-34(2)12-17/h3-14,26,33H,1-2H3,(H2,30,31). The van der Waals surface area contributed by atoms with E-state index >= 15 is 0 Å². The van der Waals surface area contributed by atoms with Crippen LogP contribution in [-0.2, 0) is 18.0 Å². The molecule has 0 amide bonds. The second kappa shape index (κ2) is 10.2. The van der Waals surface area contributed by atoms with E-state index in [1.54, 1.807) is 55.3 Å². The summed E-state index contributed by atoms with van der Waals surface area (Å²) in [7, 11) is -0.861. The molecular weight excluding hydrogens is 519 g/mol. The van der Waals surface area contributed by atoms with Crippen LogP contribution < -0.4 is 15.2 Å². The number of pyridine rings is 1. The number of nitrogens with one attached hydrogen (secondary N) is 1. The molecule has 8 nitrogen and oxygen atoms in total. The third-order valence-electron chi connectivity index (χ3n) is 5.95. The first kappa shape index (κ1) is 25.3. The highest BCUT2D eigenvalue weighted by molar-refractivity contribution is 7.86. The first-order chi connectivity index (χ1) is 18.2. The highest BCUT2D eigenvalue weighted by Gasteiger charge is 2.21. The number of halogens is 3. The molecule has 2 aromatic carbocycles. The predicted molar refractivity (Wildman–Crippen MR) is 139 cm³/mol. The van der Waals surface area contributed by atoms with E-state index in [9.17, 15) is 17.4 Å². The van der Waals surface area contributed by atoms with Crippen LogP contribution in [-0.4, -0.2) is 24.7 Å². The van der Waals surface area contributed by atoms with Gasteiger partial charge in [-0.25, -0.2) is 13.6 Å². The van der Waals surface area contributed by atoms with Gasteiger partial charge in [0.15, 0.2) is 11.0 Å². The van der Waals surface area contributed by atoms with Crippen LogP contribution in [0, 0.1) is 5.82 Å². The van der Waals surface area contributed by atoms with Crippen LogP contribution in [0.15, 0.2) is 71.7 Å². The van der Waals surface area contributed by atoms with Crippen LogP contribution in [0.5, 0.6) is 5.75 Å². The number of anilines is 2. The summed E-state index contributed by atoms with van der Waals surface area (Å²) in [4.78, 5) is 4.33. The summed E-state index contributed by atoms with van der Waals surface area (Å²) in [6.45, 7) is 1.73. The Morgan fingerprint density at radius 3 is 2.55 bits per heavy atom. The Labute approximate surface area is 217 Å². The summed E-state index contributed by atoms with van der Waals surface area (Å²) in [6, 6.07) is 10.4. The van der Waals surface area contributed by atoms with Crippen molar-refractivity contribution in [2.45, 2.75) is 18.8 Å². The van der Waals surface area contributed by atoms with E-state index in [0.717, 1.165) is 5.56 Å². The SMILES string of the molecule is CC(Oc1cc(-c2coc3c(-c4cnn(C)c4)cnc(N)c23)ccc1NS(=O)C(F)F)c1ccc(F)cc1. The Hall–Kier alpha value is -4.32. The van der Waals surface area contributed by atoms with Crippen molar-refractivity contribution in [1.82, 2.24) is 14.8 Å². The number of hydrogen-bond acceptors (Lipinski definition) is 6. The van der Waals surface area contributed by atoms with E-state index in [-0.39, 0.29) is 17.3 Å². The van der Waals surface area contributed by atoms with Gasteiger partial charge in [0.1, 0.15) is 29.1 Å². The second-order valence-electron chi connectivity index (χ2n) is 8.50. The molecule has 38 heavy (non-hydrogen) atoms. The molecule has 0 fully saturated rings. The van der Waals surface area contributed by atoms with Gasteiger partial charge < -0.3 is 14.9 Å². The second-order valence-corrected chi connectivity index (χ2v) is 9.65. The van der Waals surface area contributed by atoms with Crippen molar-refractivity contribution in [2.75, 3.05) is 10.5 Å². The molecule has 3 N–H and O–H groups in total. The summed E-state index contributed by atoms with van der Waals surface area (Å²) in [5.74, 6) is -3.12.